The standard InChI is InChI=1S/C19H31NO3Si/c1-13-17(14(2)23-24(7,8)19(3,4)5)22-18(13)20-15-9-11-16(21-6)12-10-15/h9-14,17H,1-8H3/t13-,14+,17+/m1/s1. The van der Waals surface area contributed by atoms with Gasteiger partial charge in [-0.1, -0.05) is 27.7 Å². The highest BCUT2D eigenvalue weighted by molar-refractivity contribution is 6.74. The summed E-state index contributed by atoms with van der Waals surface area (Å²) < 4.78 is 17.6. The van der Waals surface area contributed by atoms with E-state index in [0.29, 0.717) is 0 Å². The summed E-state index contributed by atoms with van der Waals surface area (Å²) in [5, 5.41) is 0.203. The molecule has 1 saturated heterocycles. The number of benzene rings is 1. The van der Waals surface area contributed by atoms with Gasteiger partial charge in [-0.05, 0) is 49.3 Å². The molecule has 2 rings (SSSR count). The van der Waals surface area contributed by atoms with Crippen LogP contribution in [0.5, 0.6) is 5.75 Å². The lowest BCUT2D eigenvalue weighted by molar-refractivity contribution is -0.0253. The molecule has 0 radical (unpaired) electrons. The quantitative estimate of drug-likeness (QED) is 0.688. The van der Waals surface area contributed by atoms with Gasteiger partial charge in [0.05, 0.1) is 24.8 Å². The second-order valence-corrected chi connectivity index (χ2v) is 12.9. The van der Waals surface area contributed by atoms with Gasteiger partial charge in [0.1, 0.15) is 11.9 Å². The van der Waals surface area contributed by atoms with Crippen LogP contribution in [0.4, 0.5) is 5.69 Å². The van der Waals surface area contributed by atoms with E-state index in [-0.39, 0.29) is 23.2 Å². The third-order valence-electron chi connectivity index (χ3n) is 5.20. The molecule has 4 nitrogen and oxygen atoms in total. The van der Waals surface area contributed by atoms with E-state index in [9.17, 15) is 0 Å². The van der Waals surface area contributed by atoms with Crippen LogP contribution in [0.15, 0.2) is 29.3 Å². The topological polar surface area (TPSA) is 40.0 Å². The number of nitrogens with zero attached hydrogens (tertiary/aromatic N) is 1. The van der Waals surface area contributed by atoms with E-state index in [2.05, 4.69) is 52.7 Å². The second kappa shape index (κ2) is 6.88. The molecule has 0 aromatic heterocycles. The van der Waals surface area contributed by atoms with Crippen LogP contribution in [0.25, 0.3) is 0 Å². The zero-order valence-corrected chi connectivity index (χ0v) is 17.2. The first kappa shape index (κ1) is 19.0. The smallest absolute Gasteiger partial charge is 0.195 e. The van der Waals surface area contributed by atoms with Gasteiger partial charge in [0.2, 0.25) is 0 Å². The second-order valence-electron chi connectivity index (χ2n) is 8.10. The van der Waals surface area contributed by atoms with Gasteiger partial charge >= 0.3 is 0 Å². The molecule has 5 heteroatoms. The summed E-state index contributed by atoms with van der Waals surface area (Å²) in [7, 11) is -0.124. The van der Waals surface area contributed by atoms with Crippen molar-refractivity contribution in [2.75, 3.05) is 7.11 Å². The Labute approximate surface area is 147 Å². The average Bonchev–Trinajstić information content (AvgIpc) is 2.49. The number of hydrogen-bond donors (Lipinski definition) is 0. The fraction of sp³-hybridized carbons (Fsp3) is 0.632. The molecule has 1 aromatic carbocycles. The molecule has 0 bridgehead atoms. The Hall–Kier alpha value is -1.33. The van der Waals surface area contributed by atoms with E-state index in [4.69, 9.17) is 13.9 Å². The van der Waals surface area contributed by atoms with E-state index in [1.54, 1.807) is 7.11 Å². The summed E-state index contributed by atoms with van der Waals surface area (Å²) >= 11 is 0. The summed E-state index contributed by atoms with van der Waals surface area (Å²) in [6.07, 6.45) is 0.159. The lowest BCUT2D eigenvalue weighted by atomic mass is 9.94. The summed E-state index contributed by atoms with van der Waals surface area (Å²) in [5.41, 5.74) is 0.883. The van der Waals surface area contributed by atoms with Gasteiger partial charge in [0.25, 0.3) is 0 Å². The molecule has 1 aromatic rings. The highest BCUT2D eigenvalue weighted by atomic mass is 28.4. The first-order valence-corrected chi connectivity index (χ1v) is 11.5. The van der Waals surface area contributed by atoms with Gasteiger partial charge < -0.3 is 13.9 Å². The number of ether oxygens (including phenoxy) is 2. The van der Waals surface area contributed by atoms with Crippen molar-refractivity contribution in [2.45, 2.75) is 65.0 Å². The van der Waals surface area contributed by atoms with Crippen LogP contribution in [-0.2, 0) is 9.16 Å². The molecule has 0 spiro atoms. The number of hydrogen-bond acceptors (Lipinski definition) is 4. The molecule has 1 heterocycles. The minimum Gasteiger partial charge on any atom is -0.497 e. The van der Waals surface area contributed by atoms with Crippen molar-refractivity contribution < 1.29 is 13.9 Å². The predicted octanol–water partition coefficient (Wildman–Crippen LogP) is 5.17. The minimum absolute atomic E-state index is 0.0794. The fourth-order valence-electron chi connectivity index (χ4n) is 2.54. The SMILES string of the molecule is COc1ccc(N=C2O[C@H]([C@H](C)O[Si](C)(C)C(C)(C)C)[C@H]2C)cc1. The summed E-state index contributed by atoms with van der Waals surface area (Å²) in [5.74, 6) is 1.89. The van der Waals surface area contributed by atoms with Gasteiger partial charge in [-0.15, -0.1) is 0 Å². The Morgan fingerprint density at radius 1 is 1.17 bits per heavy atom. The Bertz CT molecular complexity index is 590. The molecule has 3 atom stereocenters. The maximum Gasteiger partial charge on any atom is 0.195 e. The van der Waals surface area contributed by atoms with Crippen LogP contribution < -0.4 is 4.74 Å². The molecular formula is C19H31NO3Si. The third-order valence-corrected chi connectivity index (χ3v) is 9.77. The van der Waals surface area contributed by atoms with Gasteiger partial charge in [0.15, 0.2) is 14.2 Å². The van der Waals surface area contributed by atoms with Crippen molar-refractivity contribution in [3.8, 4) is 5.75 Å². The van der Waals surface area contributed by atoms with Crippen molar-refractivity contribution in [1.29, 1.82) is 0 Å². The van der Waals surface area contributed by atoms with Crippen molar-refractivity contribution in [2.24, 2.45) is 10.9 Å². The van der Waals surface area contributed by atoms with Crippen molar-refractivity contribution >= 4 is 19.9 Å². The lowest BCUT2D eigenvalue weighted by Crippen LogP contribution is -2.54. The Balaban J connectivity index is 1.98. The van der Waals surface area contributed by atoms with Gasteiger partial charge in [0, 0.05) is 0 Å². The number of rotatable bonds is 5. The van der Waals surface area contributed by atoms with Crippen LogP contribution in [-0.4, -0.2) is 33.5 Å². The van der Waals surface area contributed by atoms with Crippen molar-refractivity contribution in [3.05, 3.63) is 24.3 Å². The molecule has 0 aliphatic carbocycles. The molecule has 0 amide bonds. The summed E-state index contributed by atoms with van der Waals surface area (Å²) in [6, 6.07) is 7.68. The lowest BCUT2D eigenvalue weighted by Gasteiger charge is -2.45. The summed E-state index contributed by atoms with van der Waals surface area (Å²) in [4.78, 5) is 4.59. The van der Waals surface area contributed by atoms with Crippen LogP contribution in [0, 0.1) is 5.92 Å². The molecule has 1 aliphatic rings. The van der Waals surface area contributed by atoms with E-state index in [1.165, 1.54) is 0 Å². The van der Waals surface area contributed by atoms with Crippen LogP contribution >= 0.6 is 0 Å². The third kappa shape index (κ3) is 4.01. The molecular weight excluding hydrogens is 318 g/mol. The molecule has 1 aliphatic heterocycles. The average molecular weight is 350 g/mol. The first-order chi connectivity index (χ1) is 11.0. The van der Waals surface area contributed by atoms with Gasteiger partial charge in [-0.2, -0.15) is 0 Å². The number of aliphatic imine (C=N–C) groups is 1. The highest BCUT2D eigenvalue weighted by Gasteiger charge is 2.45. The minimum atomic E-state index is -1.78. The van der Waals surface area contributed by atoms with Crippen molar-refractivity contribution in [1.82, 2.24) is 0 Å². The Morgan fingerprint density at radius 2 is 1.75 bits per heavy atom. The molecule has 1 fully saturated rings. The zero-order chi connectivity index (χ0) is 18.1. The monoisotopic (exact) mass is 349 g/mol. The maximum absolute atomic E-state index is 6.45. The summed E-state index contributed by atoms with van der Waals surface area (Å²) in [6.45, 7) is 15.6. The van der Waals surface area contributed by atoms with Gasteiger partial charge in [-0.25, -0.2) is 4.99 Å². The van der Waals surface area contributed by atoms with E-state index < -0.39 is 8.32 Å². The van der Waals surface area contributed by atoms with E-state index >= 15 is 0 Å². The van der Waals surface area contributed by atoms with Crippen LogP contribution in [0.2, 0.25) is 18.1 Å². The molecule has 0 saturated carbocycles. The zero-order valence-electron chi connectivity index (χ0n) is 16.2. The fourth-order valence-corrected chi connectivity index (χ4v) is 3.96. The van der Waals surface area contributed by atoms with E-state index in [1.807, 2.05) is 24.3 Å². The number of methoxy groups -OCH3 is 1. The van der Waals surface area contributed by atoms with Crippen molar-refractivity contribution in [3.63, 3.8) is 0 Å². The van der Waals surface area contributed by atoms with Gasteiger partial charge in [-0.3, -0.25) is 0 Å². The first-order valence-electron chi connectivity index (χ1n) is 8.62. The normalized spacial score (nSPS) is 24.2. The molecule has 134 valence electrons. The maximum atomic E-state index is 6.45. The van der Waals surface area contributed by atoms with Crippen LogP contribution in [0.1, 0.15) is 34.6 Å². The Morgan fingerprint density at radius 3 is 2.21 bits per heavy atom. The van der Waals surface area contributed by atoms with Crippen LogP contribution in [0.3, 0.4) is 0 Å². The largest absolute Gasteiger partial charge is 0.497 e. The van der Waals surface area contributed by atoms with E-state index in [0.717, 1.165) is 17.3 Å². The molecule has 0 N–H and O–H groups in total. The predicted molar refractivity (Wildman–Crippen MR) is 102 cm³/mol. The molecule has 24 heavy (non-hydrogen) atoms. The molecule has 0 unspecified atom stereocenters. The Kier molecular flexibility index (Phi) is 5.45. The highest BCUT2D eigenvalue weighted by Crippen LogP contribution is 2.39.